The maximum Gasteiger partial charge on any atom is 0.276 e. The van der Waals surface area contributed by atoms with Gasteiger partial charge in [0.25, 0.3) is 5.91 Å². The van der Waals surface area contributed by atoms with E-state index in [9.17, 15) is 4.79 Å². The van der Waals surface area contributed by atoms with Crippen LogP contribution in [-0.2, 0) is 4.84 Å². The zero-order valence-electron chi connectivity index (χ0n) is 13.0. The summed E-state index contributed by atoms with van der Waals surface area (Å²) in [6, 6.07) is 12.7. The molecular weight excluding hydrogens is 421 g/mol. The number of halogens is 1. The highest BCUT2D eigenvalue weighted by Crippen LogP contribution is 2.26. The molecule has 7 heteroatoms. The van der Waals surface area contributed by atoms with Crippen LogP contribution in [0.15, 0.2) is 36.4 Å². The second-order valence-electron chi connectivity index (χ2n) is 4.96. The Labute approximate surface area is 153 Å². The van der Waals surface area contributed by atoms with E-state index >= 15 is 0 Å². The Morgan fingerprint density at radius 3 is 2.75 bits per heavy atom. The van der Waals surface area contributed by atoms with Gasteiger partial charge in [0.1, 0.15) is 0 Å². The number of rotatable bonds is 6. The Bertz CT molecular complexity index is 787. The van der Waals surface area contributed by atoms with Crippen LogP contribution in [0, 0.1) is 21.8 Å². The lowest BCUT2D eigenvalue weighted by atomic mass is 10.1. The monoisotopic (exact) mass is 437 g/mol. The normalized spacial score (nSPS) is 10.1. The van der Waals surface area contributed by atoms with E-state index in [-0.39, 0.29) is 13.2 Å². The molecule has 0 saturated heterocycles. The summed E-state index contributed by atoms with van der Waals surface area (Å²) >= 11 is 2.23. The van der Waals surface area contributed by atoms with Crippen molar-refractivity contribution in [3.63, 3.8) is 0 Å². The summed E-state index contributed by atoms with van der Waals surface area (Å²) in [5.74, 6) is -0.460. The number of hydroxylamine groups is 1. The molecule has 24 heavy (non-hydrogen) atoms. The molecular formula is C17H16IN3O3. The van der Waals surface area contributed by atoms with Crippen molar-refractivity contribution in [3.05, 3.63) is 56.7 Å². The van der Waals surface area contributed by atoms with Gasteiger partial charge in [-0.2, -0.15) is 5.26 Å². The van der Waals surface area contributed by atoms with Crippen molar-refractivity contribution >= 4 is 39.9 Å². The van der Waals surface area contributed by atoms with E-state index in [2.05, 4.69) is 39.5 Å². The van der Waals surface area contributed by atoms with Crippen LogP contribution >= 0.6 is 22.6 Å². The average Bonchev–Trinajstić information content (AvgIpc) is 2.57. The molecule has 124 valence electrons. The molecule has 0 heterocycles. The molecule has 0 aliphatic carbocycles. The molecule has 3 N–H and O–H groups in total. The number of aliphatic hydroxyl groups is 1. The van der Waals surface area contributed by atoms with Crippen molar-refractivity contribution in [3.8, 4) is 6.07 Å². The van der Waals surface area contributed by atoms with E-state index in [4.69, 9.17) is 15.2 Å². The Morgan fingerprint density at radius 2 is 2.08 bits per heavy atom. The molecule has 0 aliphatic heterocycles. The first-order chi connectivity index (χ1) is 11.5. The van der Waals surface area contributed by atoms with Gasteiger partial charge >= 0.3 is 0 Å². The fourth-order valence-electron chi connectivity index (χ4n) is 2.04. The third-order valence-corrected chi connectivity index (χ3v) is 3.88. The maximum atomic E-state index is 12.2. The molecule has 1 amide bonds. The molecule has 0 aromatic heterocycles. The quantitative estimate of drug-likeness (QED) is 0.367. The van der Waals surface area contributed by atoms with Crippen molar-refractivity contribution < 1.29 is 14.7 Å². The minimum absolute atomic E-state index is 0.00100. The van der Waals surface area contributed by atoms with E-state index < -0.39 is 5.91 Å². The summed E-state index contributed by atoms with van der Waals surface area (Å²) in [5.41, 5.74) is 5.41. The number of hydrogen-bond acceptors (Lipinski definition) is 5. The second-order valence-corrected chi connectivity index (χ2v) is 6.21. The lowest BCUT2D eigenvalue weighted by molar-refractivity contribution is 0.0169. The van der Waals surface area contributed by atoms with E-state index in [1.165, 1.54) is 0 Å². The number of nitrogens with zero attached hydrogens (tertiary/aromatic N) is 1. The van der Waals surface area contributed by atoms with Crippen LogP contribution < -0.4 is 10.8 Å². The molecule has 0 saturated carbocycles. The van der Waals surface area contributed by atoms with E-state index in [0.717, 1.165) is 14.8 Å². The Hall–Kier alpha value is -2.15. The first kappa shape index (κ1) is 18.2. The molecule has 0 spiro atoms. The first-order valence-corrected chi connectivity index (χ1v) is 8.23. The molecule has 0 bridgehead atoms. The summed E-state index contributed by atoms with van der Waals surface area (Å²) in [7, 11) is 0. The highest BCUT2D eigenvalue weighted by Gasteiger charge is 2.13. The van der Waals surface area contributed by atoms with Crippen molar-refractivity contribution in [2.75, 3.05) is 18.5 Å². The molecule has 0 aliphatic rings. The number of anilines is 2. The van der Waals surface area contributed by atoms with Crippen LogP contribution in [0.1, 0.15) is 21.5 Å². The lowest BCUT2D eigenvalue weighted by Crippen LogP contribution is -2.25. The standard InChI is InChI=1S/C17H16IN3O3/c1-11-8-13(18)3-5-15(11)20-16-9-12(10-19)2-4-14(16)17(23)21-24-7-6-22/h2-5,8-9,20,22H,6-7H2,1H3,(H,21,23). The first-order valence-electron chi connectivity index (χ1n) is 7.15. The fourth-order valence-corrected chi connectivity index (χ4v) is 2.69. The van der Waals surface area contributed by atoms with Crippen LogP contribution in [0.2, 0.25) is 0 Å². The second kappa shape index (κ2) is 8.63. The van der Waals surface area contributed by atoms with Gasteiger partial charge in [-0.25, -0.2) is 5.48 Å². The summed E-state index contributed by atoms with van der Waals surface area (Å²) in [6.45, 7) is 1.77. The molecule has 2 aromatic rings. The third kappa shape index (κ3) is 4.67. The van der Waals surface area contributed by atoms with E-state index in [1.807, 2.05) is 25.1 Å². The van der Waals surface area contributed by atoms with Crippen LogP contribution in [0.4, 0.5) is 11.4 Å². The van der Waals surface area contributed by atoms with Gasteiger partial charge in [-0.1, -0.05) is 0 Å². The number of benzene rings is 2. The SMILES string of the molecule is Cc1cc(I)ccc1Nc1cc(C#N)ccc1C(=O)NOCCO. The summed E-state index contributed by atoms with van der Waals surface area (Å²) in [6.07, 6.45) is 0. The topological polar surface area (TPSA) is 94.4 Å². The van der Waals surface area contributed by atoms with Crippen molar-refractivity contribution in [1.29, 1.82) is 5.26 Å². The minimum Gasteiger partial charge on any atom is -0.394 e. The van der Waals surface area contributed by atoms with Crippen LogP contribution in [0.3, 0.4) is 0 Å². The zero-order valence-corrected chi connectivity index (χ0v) is 15.1. The van der Waals surface area contributed by atoms with Crippen LogP contribution in [0.5, 0.6) is 0 Å². The van der Waals surface area contributed by atoms with Gasteiger partial charge in [-0.05, 0) is 71.5 Å². The summed E-state index contributed by atoms with van der Waals surface area (Å²) in [4.78, 5) is 17.1. The molecule has 6 nitrogen and oxygen atoms in total. The summed E-state index contributed by atoms with van der Waals surface area (Å²) in [5, 5.41) is 21.0. The van der Waals surface area contributed by atoms with Crippen molar-refractivity contribution in [1.82, 2.24) is 5.48 Å². The highest BCUT2D eigenvalue weighted by atomic mass is 127. The zero-order chi connectivity index (χ0) is 17.5. The largest absolute Gasteiger partial charge is 0.394 e. The van der Waals surface area contributed by atoms with Gasteiger partial charge < -0.3 is 10.4 Å². The number of nitriles is 1. The number of nitrogens with one attached hydrogen (secondary N) is 2. The Balaban J connectivity index is 2.32. The number of carbonyl (C=O) groups is 1. The van der Waals surface area contributed by atoms with Gasteiger partial charge in [-0.3, -0.25) is 9.63 Å². The molecule has 0 unspecified atom stereocenters. The number of hydrogen-bond donors (Lipinski definition) is 3. The number of aryl methyl sites for hydroxylation is 1. The van der Waals surface area contributed by atoms with Crippen LogP contribution in [0.25, 0.3) is 0 Å². The predicted molar refractivity (Wildman–Crippen MR) is 98.8 cm³/mol. The summed E-state index contributed by atoms with van der Waals surface area (Å²) < 4.78 is 1.11. The number of amides is 1. The fraction of sp³-hybridized carbons (Fsp3) is 0.176. The predicted octanol–water partition coefficient (Wildman–Crippen LogP) is 2.87. The van der Waals surface area contributed by atoms with Gasteiger partial charge in [0.05, 0.1) is 36.1 Å². The third-order valence-electron chi connectivity index (χ3n) is 3.21. The molecule has 0 fully saturated rings. The number of aliphatic hydroxyl groups excluding tert-OH is 1. The minimum atomic E-state index is -0.460. The van der Waals surface area contributed by atoms with Gasteiger partial charge in [0, 0.05) is 9.26 Å². The van der Waals surface area contributed by atoms with Crippen LogP contribution in [-0.4, -0.2) is 24.2 Å². The van der Waals surface area contributed by atoms with Gasteiger partial charge in [-0.15, -0.1) is 0 Å². The molecule has 2 aromatic carbocycles. The Kier molecular flexibility index (Phi) is 6.54. The smallest absolute Gasteiger partial charge is 0.276 e. The highest BCUT2D eigenvalue weighted by molar-refractivity contribution is 14.1. The van der Waals surface area contributed by atoms with E-state index in [0.29, 0.717) is 16.8 Å². The Morgan fingerprint density at radius 1 is 1.29 bits per heavy atom. The average molecular weight is 437 g/mol. The number of carbonyl (C=O) groups excluding carboxylic acids is 1. The molecule has 0 atom stereocenters. The van der Waals surface area contributed by atoms with E-state index in [1.54, 1.807) is 18.2 Å². The van der Waals surface area contributed by atoms with Gasteiger partial charge in [0.2, 0.25) is 0 Å². The maximum absolute atomic E-state index is 12.2. The van der Waals surface area contributed by atoms with Crippen molar-refractivity contribution in [2.45, 2.75) is 6.92 Å². The van der Waals surface area contributed by atoms with Gasteiger partial charge in [0.15, 0.2) is 0 Å². The molecule has 0 radical (unpaired) electrons. The van der Waals surface area contributed by atoms with Crippen molar-refractivity contribution in [2.24, 2.45) is 0 Å². The lowest BCUT2D eigenvalue weighted by Gasteiger charge is -2.14. The molecule has 2 rings (SSSR count).